The monoisotopic (exact) mass is 500 g/mol. The van der Waals surface area contributed by atoms with Crippen LogP contribution in [-0.4, -0.2) is 53.7 Å². The molecule has 1 amide bonds. The van der Waals surface area contributed by atoms with Gasteiger partial charge in [0, 0.05) is 24.7 Å². The lowest BCUT2D eigenvalue weighted by Gasteiger charge is -2.24. The molecule has 0 saturated heterocycles. The van der Waals surface area contributed by atoms with Crippen LogP contribution < -0.4 is 9.64 Å². The summed E-state index contributed by atoms with van der Waals surface area (Å²) in [4.78, 5) is 22.3. The summed E-state index contributed by atoms with van der Waals surface area (Å²) in [5, 5.41) is 4.71. The van der Waals surface area contributed by atoms with Gasteiger partial charge in [-0.15, -0.1) is 12.4 Å². The molecule has 0 aliphatic rings. The highest BCUT2D eigenvalue weighted by atomic mass is 35.5. The fraction of sp³-hybridized carbons (Fsp3) is 0.320. The highest BCUT2D eigenvalue weighted by Crippen LogP contribution is 2.32. The number of anilines is 1. The molecule has 0 aliphatic carbocycles. The van der Waals surface area contributed by atoms with Gasteiger partial charge >= 0.3 is 0 Å². The van der Waals surface area contributed by atoms with E-state index in [1.807, 2.05) is 55.5 Å². The number of ether oxygens (including phenoxy) is 1. The second-order valence-corrected chi connectivity index (χ2v) is 8.49. The number of carbonyl (C=O) groups is 1. The Morgan fingerprint density at radius 3 is 2.50 bits per heavy atom. The number of likely N-dealkylation sites (N-methyl/N-ethyl adjacent to an activating group) is 1. The van der Waals surface area contributed by atoms with Crippen LogP contribution in [0.15, 0.2) is 59.1 Å². The van der Waals surface area contributed by atoms with Crippen LogP contribution in [-0.2, 0) is 0 Å². The van der Waals surface area contributed by atoms with Crippen molar-refractivity contribution >= 4 is 45.0 Å². The van der Waals surface area contributed by atoms with Gasteiger partial charge in [0.25, 0.3) is 5.91 Å². The summed E-state index contributed by atoms with van der Waals surface area (Å²) in [5.41, 5.74) is 1.98. The van der Waals surface area contributed by atoms with Crippen molar-refractivity contribution in [1.29, 1.82) is 0 Å². The molecule has 0 radical (unpaired) electrons. The van der Waals surface area contributed by atoms with Crippen LogP contribution in [0.25, 0.3) is 21.5 Å². The molecule has 0 fully saturated rings. The van der Waals surface area contributed by atoms with Crippen LogP contribution >= 0.6 is 23.7 Å². The lowest BCUT2D eigenvalue weighted by Crippen LogP contribution is -2.39. The van der Waals surface area contributed by atoms with Crippen molar-refractivity contribution in [2.24, 2.45) is 0 Å². The molecule has 180 valence electrons. The van der Waals surface area contributed by atoms with Crippen molar-refractivity contribution in [3.63, 3.8) is 0 Å². The van der Waals surface area contributed by atoms with Gasteiger partial charge in [0.15, 0.2) is 16.6 Å². The third kappa shape index (κ3) is 5.75. The average Bonchev–Trinajstić information content (AvgIpc) is 3.50. The largest absolute Gasteiger partial charge is 0.494 e. The van der Waals surface area contributed by atoms with Gasteiger partial charge in [-0.05, 0) is 38.2 Å². The Labute approximate surface area is 209 Å². The molecule has 2 aromatic carbocycles. The maximum atomic E-state index is 13.6. The Kier molecular flexibility index (Phi) is 9.04. The van der Waals surface area contributed by atoms with Crippen LogP contribution in [0.4, 0.5) is 5.13 Å². The summed E-state index contributed by atoms with van der Waals surface area (Å²) in [6, 6.07) is 17.1. The third-order valence-corrected chi connectivity index (χ3v) is 6.50. The third-order valence-electron chi connectivity index (χ3n) is 5.46. The molecule has 2 aromatic heterocycles. The molecular weight excluding hydrogens is 472 g/mol. The van der Waals surface area contributed by atoms with Gasteiger partial charge in [0.2, 0.25) is 0 Å². The number of amides is 1. The summed E-state index contributed by atoms with van der Waals surface area (Å²) >= 11 is 1.48. The first-order valence-electron chi connectivity index (χ1n) is 11.2. The molecule has 0 bridgehead atoms. The first kappa shape index (κ1) is 25.7. The Balaban J connectivity index is 0.00000324. The Hall–Kier alpha value is -2.94. The van der Waals surface area contributed by atoms with Gasteiger partial charge < -0.3 is 14.2 Å². The zero-order chi connectivity index (χ0) is 23.2. The fourth-order valence-electron chi connectivity index (χ4n) is 3.58. The van der Waals surface area contributed by atoms with Gasteiger partial charge in [0.1, 0.15) is 5.75 Å². The number of benzene rings is 2. The lowest BCUT2D eigenvalue weighted by molar-refractivity contribution is 0.0975. The average molecular weight is 501 g/mol. The van der Waals surface area contributed by atoms with Crippen LogP contribution in [0.3, 0.4) is 0 Å². The van der Waals surface area contributed by atoms with Crippen LogP contribution in [0.5, 0.6) is 5.75 Å². The SMILES string of the molecule is CCOc1ccc2nc(N(CCN(CC)CC)C(=O)c3cc(-c4ccccc4)on3)sc2c1.Cl. The highest BCUT2D eigenvalue weighted by molar-refractivity contribution is 7.22. The number of fused-ring (bicyclic) bond motifs is 1. The zero-order valence-corrected chi connectivity index (χ0v) is 21.2. The smallest absolute Gasteiger partial charge is 0.282 e. The second-order valence-electron chi connectivity index (χ2n) is 7.49. The molecule has 7 nitrogen and oxygen atoms in total. The normalized spacial score (nSPS) is 10.9. The van der Waals surface area contributed by atoms with E-state index in [1.54, 1.807) is 11.0 Å². The Morgan fingerprint density at radius 2 is 1.79 bits per heavy atom. The molecule has 4 aromatic rings. The minimum atomic E-state index is -0.225. The van der Waals surface area contributed by atoms with Crippen molar-refractivity contribution in [3.05, 3.63) is 60.3 Å². The van der Waals surface area contributed by atoms with E-state index in [4.69, 9.17) is 14.2 Å². The van der Waals surface area contributed by atoms with Crippen LogP contribution in [0.1, 0.15) is 31.3 Å². The number of carbonyl (C=O) groups excluding carboxylic acids is 1. The number of nitrogens with zero attached hydrogens (tertiary/aromatic N) is 4. The number of hydrogen-bond donors (Lipinski definition) is 0. The first-order valence-corrected chi connectivity index (χ1v) is 12.0. The fourth-order valence-corrected chi connectivity index (χ4v) is 4.60. The van der Waals surface area contributed by atoms with E-state index in [0.717, 1.165) is 41.2 Å². The molecular formula is C25H29ClN4O3S. The summed E-state index contributed by atoms with van der Waals surface area (Å²) < 4.78 is 12.1. The van der Waals surface area contributed by atoms with E-state index >= 15 is 0 Å². The summed E-state index contributed by atoms with van der Waals surface area (Å²) in [7, 11) is 0. The molecule has 9 heteroatoms. The van der Waals surface area contributed by atoms with Crippen molar-refractivity contribution in [2.75, 3.05) is 37.7 Å². The van der Waals surface area contributed by atoms with Gasteiger partial charge in [-0.25, -0.2) is 4.98 Å². The number of thiazole rings is 1. The number of aromatic nitrogens is 2. The zero-order valence-electron chi connectivity index (χ0n) is 19.6. The molecule has 2 heterocycles. The predicted octanol–water partition coefficient (Wildman–Crippen LogP) is 5.76. The molecule has 0 atom stereocenters. The topological polar surface area (TPSA) is 71.7 Å². The molecule has 34 heavy (non-hydrogen) atoms. The van der Waals surface area contributed by atoms with Gasteiger partial charge in [-0.1, -0.05) is 60.7 Å². The lowest BCUT2D eigenvalue weighted by atomic mass is 10.1. The quantitative estimate of drug-likeness (QED) is 0.275. The van der Waals surface area contributed by atoms with Gasteiger partial charge in [-0.2, -0.15) is 0 Å². The molecule has 0 spiro atoms. The highest BCUT2D eigenvalue weighted by Gasteiger charge is 2.25. The maximum Gasteiger partial charge on any atom is 0.282 e. The van der Waals surface area contributed by atoms with Crippen molar-refractivity contribution < 1.29 is 14.1 Å². The molecule has 0 unspecified atom stereocenters. The molecule has 4 rings (SSSR count). The van der Waals surface area contributed by atoms with E-state index in [1.165, 1.54) is 11.3 Å². The summed E-state index contributed by atoms with van der Waals surface area (Å²) in [5.74, 6) is 1.13. The van der Waals surface area contributed by atoms with E-state index in [0.29, 0.717) is 24.0 Å². The van der Waals surface area contributed by atoms with Gasteiger partial charge in [-0.3, -0.25) is 9.69 Å². The summed E-state index contributed by atoms with van der Waals surface area (Å²) in [6.45, 7) is 9.86. The number of rotatable bonds is 10. The van der Waals surface area contributed by atoms with E-state index in [9.17, 15) is 4.79 Å². The Morgan fingerprint density at radius 1 is 1.03 bits per heavy atom. The van der Waals surface area contributed by atoms with Crippen molar-refractivity contribution in [2.45, 2.75) is 20.8 Å². The molecule has 0 aliphatic heterocycles. The van der Waals surface area contributed by atoms with E-state index in [2.05, 4.69) is 23.9 Å². The number of halogens is 1. The predicted molar refractivity (Wildman–Crippen MR) is 139 cm³/mol. The van der Waals surface area contributed by atoms with E-state index < -0.39 is 0 Å². The first-order chi connectivity index (χ1) is 16.1. The number of hydrogen-bond acceptors (Lipinski definition) is 7. The van der Waals surface area contributed by atoms with Gasteiger partial charge in [0.05, 0.1) is 16.8 Å². The van der Waals surface area contributed by atoms with Crippen molar-refractivity contribution in [1.82, 2.24) is 15.0 Å². The minimum absolute atomic E-state index is 0. The van der Waals surface area contributed by atoms with Crippen molar-refractivity contribution in [3.8, 4) is 17.1 Å². The van der Waals surface area contributed by atoms with Crippen LogP contribution in [0.2, 0.25) is 0 Å². The standard InChI is InChI=1S/C25H28N4O3S.ClH/c1-4-28(5-2)14-15-29(25-26-20-13-12-19(31-6-3)16-23(20)33-25)24(30)21-17-22(32-27-21)18-10-8-7-9-11-18;/h7-13,16-17H,4-6,14-15H2,1-3H3;1H. The maximum absolute atomic E-state index is 13.6. The second kappa shape index (κ2) is 12.0. The summed E-state index contributed by atoms with van der Waals surface area (Å²) in [6.07, 6.45) is 0. The minimum Gasteiger partial charge on any atom is -0.494 e. The van der Waals surface area contributed by atoms with Crippen LogP contribution in [0, 0.1) is 0 Å². The van der Waals surface area contributed by atoms with E-state index in [-0.39, 0.29) is 24.0 Å². The molecule has 0 saturated carbocycles. The molecule has 0 N–H and O–H groups in total. The Bertz CT molecular complexity index is 1210.